The zero-order valence-electron chi connectivity index (χ0n) is 8.70. The molecular weight excluding hydrogens is 252 g/mol. The molecule has 0 saturated carbocycles. The zero-order chi connectivity index (χ0) is 11.7. The lowest BCUT2D eigenvalue weighted by Gasteiger charge is -2.05. The van der Waals surface area contributed by atoms with E-state index in [1.54, 1.807) is 23.5 Å². The normalized spacial score (nSPS) is 10.8. The minimum Gasteiger partial charge on any atom is -0.397 e. The zero-order valence-corrected chi connectivity index (χ0v) is 10.3. The summed E-state index contributed by atoms with van der Waals surface area (Å²) in [6, 6.07) is 7.79. The van der Waals surface area contributed by atoms with Crippen molar-refractivity contribution in [3.8, 4) is 0 Å². The van der Waals surface area contributed by atoms with E-state index in [0.717, 1.165) is 20.1 Å². The van der Waals surface area contributed by atoms with E-state index < -0.39 is 0 Å². The van der Waals surface area contributed by atoms with Gasteiger partial charge in [-0.2, -0.15) is 0 Å². The van der Waals surface area contributed by atoms with Crippen molar-refractivity contribution in [2.45, 2.75) is 9.24 Å². The molecule has 0 aliphatic heterocycles. The molecule has 0 amide bonds. The van der Waals surface area contributed by atoms with Crippen LogP contribution in [0.5, 0.6) is 0 Å². The van der Waals surface area contributed by atoms with Crippen LogP contribution in [-0.4, -0.2) is 15.2 Å². The summed E-state index contributed by atoms with van der Waals surface area (Å²) >= 11 is 3.10. The molecular formula is C11H8N4S2. The molecule has 0 fully saturated rings. The van der Waals surface area contributed by atoms with E-state index >= 15 is 0 Å². The number of aromatic nitrogens is 3. The maximum Gasteiger partial charge on any atom is 0.178 e. The van der Waals surface area contributed by atoms with Crippen molar-refractivity contribution in [1.82, 2.24) is 15.2 Å². The Labute approximate surface area is 106 Å². The molecule has 4 nitrogen and oxygen atoms in total. The first-order valence-corrected chi connectivity index (χ1v) is 6.61. The Morgan fingerprint density at radius 2 is 2.18 bits per heavy atom. The highest BCUT2D eigenvalue weighted by Crippen LogP contribution is 2.35. The lowest BCUT2D eigenvalue weighted by atomic mass is 10.2. The Hall–Kier alpha value is -1.66. The molecule has 0 bridgehead atoms. The summed E-state index contributed by atoms with van der Waals surface area (Å²) in [6.45, 7) is 0. The fourth-order valence-electron chi connectivity index (χ4n) is 1.56. The molecule has 0 unspecified atom stereocenters. The van der Waals surface area contributed by atoms with Crippen molar-refractivity contribution in [1.29, 1.82) is 0 Å². The number of benzene rings is 1. The average molecular weight is 260 g/mol. The Kier molecular flexibility index (Phi) is 2.66. The average Bonchev–Trinajstić information content (AvgIpc) is 2.86. The molecule has 3 rings (SSSR count). The lowest BCUT2D eigenvalue weighted by Crippen LogP contribution is -1.90. The molecule has 0 atom stereocenters. The van der Waals surface area contributed by atoms with Gasteiger partial charge in [-0.25, -0.2) is 0 Å². The number of hydrogen-bond acceptors (Lipinski definition) is 6. The second-order valence-electron chi connectivity index (χ2n) is 3.36. The van der Waals surface area contributed by atoms with Gasteiger partial charge in [-0.3, -0.25) is 4.98 Å². The molecule has 1 aromatic carbocycles. The van der Waals surface area contributed by atoms with E-state index in [1.165, 1.54) is 11.3 Å². The van der Waals surface area contributed by atoms with Gasteiger partial charge in [0.1, 0.15) is 5.51 Å². The smallest absolute Gasteiger partial charge is 0.178 e. The SMILES string of the molecule is Nc1ccc(Sc2nncs2)c2cccnc12. The number of pyridine rings is 1. The van der Waals surface area contributed by atoms with Crippen molar-refractivity contribution in [3.63, 3.8) is 0 Å². The van der Waals surface area contributed by atoms with Crippen LogP contribution in [0.25, 0.3) is 10.9 Å². The number of hydrogen-bond donors (Lipinski definition) is 1. The van der Waals surface area contributed by atoms with Crippen LogP contribution >= 0.6 is 23.1 Å². The van der Waals surface area contributed by atoms with Crippen LogP contribution in [-0.2, 0) is 0 Å². The summed E-state index contributed by atoms with van der Waals surface area (Å²) in [4.78, 5) is 5.40. The number of fused-ring (bicyclic) bond motifs is 1. The number of nitrogens with two attached hydrogens (primary N) is 1. The van der Waals surface area contributed by atoms with Crippen LogP contribution in [0, 0.1) is 0 Å². The number of anilines is 1. The third-order valence-electron chi connectivity index (χ3n) is 2.30. The van der Waals surface area contributed by atoms with Gasteiger partial charge in [0.25, 0.3) is 0 Å². The van der Waals surface area contributed by atoms with E-state index in [4.69, 9.17) is 5.73 Å². The maximum atomic E-state index is 5.90. The van der Waals surface area contributed by atoms with E-state index in [0.29, 0.717) is 5.69 Å². The summed E-state index contributed by atoms with van der Waals surface area (Å²) in [6.07, 6.45) is 1.75. The van der Waals surface area contributed by atoms with Gasteiger partial charge in [0, 0.05) is 16.5 Å². The Bertz CT molecular complexity index is 652. The van der Waals surface area contributed by atoms with Crippen LogP contribution in [0.4, 0.5) is 5.69 Å². The van der Waals surface area contributed by atoms with Crippen molar-refractivity contribution in [3.05, 3.63) is 36.0 Å². The van der Waals surface area contributed by atoms with Crippen molar-refractivity contribution < 1.29 is 0 Å². The molecule has 6 heteroatoms. The Morgan fingerprint density at radius 3 is 3.00 bits per heavy atom. The maximum absolute atomic E-state index is 5.90. The third-order valence-corrected chi connectivity index (χ3v) is 4.15. The first-order chi connectivity index (χ1) is 8.34. The van der Waals surface area contributed by atoms with Gasteiger partial charge in [0.05, 0.1) is 11.2 Å². The third kappa shape index (κ3) is 1.96. The molecule has 2 aromatic heterocycles. The molecule has 3 aromatic rings. The first-order valence-electron chi connectivity index (χ1n) is 4.92. The van der Waals surface area contributed by atoms with Gasteiger partial charge in [-0.15, -0.1) is 10.2 Å². The molecule has 0 spiro atoms. The Morgan fingerprint density at radius 1 is 1.24 bits per heavy atom. The van der Waals surface area contributed by atoms with Gasteiger partial charge >= 0.3 is 0 Å². The molecule has 0 aliphatic rings. The predicted molar refractivity (Wildman–Crippen MR) is 70.2 cm³/mol. The summed E-state index contributed by atoms with van der Waals surface area (Å²) < 4.78 is 0.917. The summed E-state index contributed by atoms with van der Waals surface area (Å²) in [5.41, 5.74) is 9.16. The fourth-order valence-corrected chi connectivity index (χ4v) is 3.12. The highest BCUT2D eigenvalue weighted by molar-refractivity contribution is 8.01. The highest BCUT2D eigenvalue weighted by Gasteiger charge is 2.07. The van der Waals surface area contributed by atoms with Crippen LogP contribution < -0.4 is 5.73 Å². The summed E-state index contributed by atoms with van der Waals surface area (Å²) in [5, 5.41) is 8.89. The molecule has 0 aliphatic carbocycles. The molecule has 17 heavy (non-hydrogen) atoms. The highest BCUT2D eigenvalue weighted by atomic mass is 32.2. The molecule has 0 radical (unpaired) electrons. The standard InChI is InChI=1S/C11H8N4S2/c12-8-3-4-9(17-11-15-14-6-16-11)7-2-1-5-13-10(7)8/h1-6H,12H2. The second kappa shape index (κ2) is 4.31. The van der Waals surface area contributed by atoms with Gasteiger partial charge in [0.2, 0.25) is 0 Å². The molecule has 2 heterocycles. The van der Waals surface area contributed by atoms with Gasteiger partial charge in [-0.05, 0) is 18.2 Å². The van der Waals surface area contributed by atoms with E-state index in [2.05, 4.69) is 15.2 Å². The topological polar surface area (TPSA) is 64.7 Å². The molecule has 84 valence electrons. The van der Waals surface area contributed by atoms with Crippen LogP contribution in [0.2, 0.25) is 0 Å². The second-order valence-corrected chi connectivity index (χ2v) is 5.48. The van der Waals surface area contributed by atoms with Crippen molar-refractivity contribution >= 4 is 39.7 Å². The summed E-state index contributed by atoms with van der Waals surface area (Å²) in [7, 11) is 0. The van der Waals surface area contributed by atoms with Crippen LogP contribution in [0.3, 0.4) is 0 Å². The van der Waals surface area contributed by atoms with Crippen molar-refractivity contribution in [2.75, 3.05) is 5.73 Å². The lowest BCUT2D eigenvalue weighted by molar-refractivity contribution is 1.01. The van der Waals surface area contributed by atoms with E-state index in [1.807, 2.05) is 24.3 Å². The van der Waals surface area contributed by atoms with Crippen molar-refractivity contribution in [2.24, 2.45) is 0 Å². The van der Waals surface area contributed by atoms with Gasteiger partial charge in [0.15, 0.2) is 4.34 Å². The number of rotatable bonds is 2. The Balaban J connectivity index is 2.14. The van der Waals surface area contributed by atoms with Crippen LogP contribution in [0.15, 0.2) is 45.2 Å². The monoisotopic (exact) mass is 260 g/mol. The van der Waals surface area contributed by atoms with Gasteiger partial charge in [-0.1, -0.05) is 29.2 Å². The predicted octanol–water partition coefficient (Wildman–Crippen LogP) is 2.82. The minimum atomic E-state index is 0.696. The first kappa shape index (κ1) is 10.5. The van der Waals surface area contributed by atoms with Crippen LogP contribution in [0.1, 0.15) is 0 Å². The minimum absolute atomic E-state index is 0.696. The van der Waals surface area contributed by atoms with E-state index in [9.17, 15) is 0 Å². The molecule has 0 saturated heterocycles. The number of nitrogen functional groups attached to an aromatic ring is 1. The molecule has 2 N–H and O–H groups in total. The number of nitrogens with zero attached hydrogens (tertiary/aromatic N) is 3. The van der Waals surface area contributed by atoms with Gasteiger partial charge < -0.3 is 5.73 Å². The largest absolute Gasteiger partial charge is 0.397 e. The van der Waals surface area contributed by atoms with E-state index in [-0.39, 0.29) is 0 Å². The summed E-state index contributed by atoms with van der Waals surface area (Å²) in [5.74, 6) is 0. The fraction of sp³-hybridized carbons (Fsp3) is 0. The quantitative estimate of drug-likeness (QED) is 0.718.